The van der Waals surface area contributed by atoms with Crippen LogP contribution in [0.15, 0.2) is 53.1 Å². The van der Waals surface area contributed by atoms with Gasteiger partial charge in [0.25, 0.3) is 0 Å². The van der Waals surface area contributed by atoms with Crippen LogP contribution in [0.5, 0.6) is 0 Å². The number of fused-ring (bicyclic) bond motifs is 2. The molecule has 2 aromatic carbocycles. The number of nitrogens with zero attached hydrogens (tertiary/aromatic N) is 1. The minimum atomic E-state index is 0.232. The first-order chi connectivity index (χ1) is 12.2. The van der Waals surface area contributed by atoms with Gasteiger partial charge in [-0.05, 0) is 67.4 Å². The molecule has 1 saturated carbocycles. The van der Waals surface area contributed by atoms with E-state index in [1.807, 2.05) is 0 Å². The Labute approximate surface area is 148 Å². The summed E-state index contributed by atoms with van der Waals surface area (Å²) in [7, 11) is 4.31. The predicted molar refractivity (Wildman–Crippen MR) is 101 cm³/mol. The highest BCUT2D eigenvalue weighted by Gasteiger charge is 2.43. The average Bonchev–Trinajstić information content (AvgIpc) is 3.30. The van der Waals surface area contributed by atoms with Crippen LogP contribution in [0.4, 0.5) is 0 Å². The van der Waals surface area contributed by atoms with Crippen LogP contribution < -0.4 is 5.32 Å². The molecule has 2 aliphatic rings. The summed E-state index contributed by atoms with van der Waals surface area (Å²) in [6.45, 7) is 2.10. The molecular weight excluding hydrogens is 308 g/mol. The van der Waals surface area contributed by atoms with Crippen LogP contribution >= 0.6 is 0 Å². The van der Waals surface area contributed by atoms with Crippen molar-refractivity contribution in [3.8, 4) is 0 Å². The summed E-state index contributed by atoms with van der Waals surface area (Å²) in [5, 5.41) is 4.71. The van der Waals surface area contributed by atoms with E-state index in [4.69, 9.17) is 4.42 Å². The Kier molecular flexibility index (Phi) is 3.31. The number of hydrogen-bond donors (Lipinski definition) is 1. The quantitative estimate of drug-likeness (QED) is 0.778. The van der Waals surface area contributed by atoms with Gasteiger partial charge in [0.15, 0.2) is 0 Å². The van der Waals surface area contributed by atoms with Crippen LogP contribution in [0.25, 0.3) is 11.0 Å². The molecule has 1 unspecified atom stereocenters. The highest BCUT2D eigenvalue weighted by molar-refractivity contribution is 5.78. The minimum Gasteiger partial charge on any atom is -0.464 e. The van der Waals surface area contributed by atoms with E-state index in [1.54, 1.807) is 6.26 Å². The first kappa shape index (κ1) is 15.2. The van der Waals surface area contributed by atoms with Gasteiger partial charge in [0.05, 0.1) is 6.26 Å². The van der Waals surface area contributed by atoms with E-state index in [0.29, 0.717) is 5.92 Å². The van der Waals surface area contributed by atoms with E-state index in [2.05, 4.69) is 66.8 Å². The van der Waals surface area contributed by atoms with Crippen molar-refractivity contribution in [3.05, 3.63) is 71.0 Å². The molecule has 0 amide bonds. The van der Waals surface area contributed by atoms with Crippen molar-refractivity contribution in [2.75, 3.05) is 20.6 Å². The lowest BCUT2D eigenvalue weighted by atomic mass is 9.83. The molecule has 1 aliphatic heterocycles. The number of rotatable bonds is 3. The molecule has 3 nitrogen and oxygen atoms in total. The van der Waals surface area contributed by atoms with Crippen LogP contribution in [0.2, 0.25) is 0 Å². The van der Waals surface area contributed by atoms with Crippen LogP contribution in [-0.2, 0) is 12.1 Å². The van der Waals surface area contributed by atoms with E-state index in [-0.39, 0.29) is 5.54 Å². The largest absolute Gasteiger partial charge is 0.464 e. The molecule has 128 valence electrons. The van der Waals surface area contributed by atoms with Gasteiger partial charge in [-0.3, -0.25) is 0 Å². The molecular formula is C22H24N2O. The SMILES string of the molecule is CNC1(c2ccc3c(c2)CN(C)CC3c2ccc3occc3c2)CC1. The van der Waals surface area contributed by atoms with Crippen molar-refractivity contribution in [1.29, 1.82) is 0 Å². The molecule has 0 spiro atoms. The van der Waals surface area contributed by atoms with Crippen molar-refractivity contribution in [2.45, 2.75) is 30.8 Å². The van der Waals surface area contributed by atoms with Gasteiger partial charge in [0.2, 0.25) is 0 Å². The third kappa shape index (κ3) is 2.42. The zero-order valence-corrected chi connectivity index (χ0v) is 14.9. The Balaban J connectivity index is 1.58. The molecule has 3 aromatic rings. The van der Waals surface area contributed by atoms with Crippen LogP contribution in [0.3, 0.4) is 0 Å². The van der Waals surface area contributed by atoms with Crippen molar-refractivity contribution < 1.29 is 4.42 Å². The summed E-state index contributed by atoms with van der Waals surface area (Å²) in [6.07, 6.45) is 4.27. The van der Waals surface area contributed by atoms with Gasteiger partial charge in [0.1, 0.15) is 5.58 Å². The molecule has 2 heterocycles. The zero-order valence-electron chi connectivity index (χ0n) is 14.9. The number of furan rings is 1. The van der Waals surface area contributed by atoms with Gasteiger partial charge in [-0.2, -0.15) is 0 Å². The molecule has 3 heteroatoms. The predicted octanol–water partition coefficient (Wildman–Crippen LogP) is 4.22. The number of likely N-dealkylation sites (N-methyl/N-ethyl adjacent to an activating group) is 1. The maximum absolute atomic E-state index is 5.51. The summed E-state index contributed by atoms with van der Waals surface area (Å²) in [5.74, 6) is 0.423. The third-order valence-electron chi connectivity index (χ3n) is 6.11. The zero-order chi connectivity index (χ0) is 17.0. The maximum Gasteiger partial charge on any atom is 0.133 e. The second-order valence-corrected chi connectivity index (χ2v) is 7.71. The normalized spacial score (nSPS) is 22.1. The van der Waals surface area contributed by atoms with Gasteiger partial charge >= 0.3 is 0 Å². The Morgan fingerprint density at radius 1 is 1.12 bits per heavy atom. The van der Waals surface area contributed by atoms with Crippen molar-refractivity contribution in [3.63, 3.8) is 0 Å². The van der Waals surface area contributed by atoms with E-state index in [1.165, 1.54) is 40.5 Å². The molecule has 0 saturated heterocycles. The summed E-state index contributed by atoms with van der Waals surface area (Å²) in [4.78, 5) is 2.44. The highest BCUT2D eigenvalue weighted by Crippen LogP contribution is 2.46. The van der Waals surface area contributed by atoms with Gasteiger partial charge in [-0.25, -0.2) is 0 Å². The summed E-state index contributed by atoms with van der Waals surface area (Å²) in [6, 6.07) is 15.8. The van der Waals surface area contributed by atoms with Gasteiger partial charge in [0, 0.05) is 29.9 Å². The first-order valence-electron chi connectivity index (χ1n) is 9.16. The number of hydrogen-bond acceptors (Lipinski definition) is 3. The second-order valence-electron chi connectivity index (χ2n) is 7.71. The van der Waals surface area contributed by atoms with Crippen molar-refractivity contribution >= 4 is 11.0 Å². The number of benzene rings is 2. The molecule has 0 bridgehead atoms. The van der Waals surface area contributed by atoms with E-state index >= 15 is 0 Å². The second kappa shape index (κ2) is 5.45. The Bertz CT molecular complexity index is 938. The summed E-state index contributed by atoms with van der Waals surface area (Å²) >= 11 is 0. The van der Waals surface area contributed by atoms with Crippen molar-refractivity contribution in [1.82, 2.24) is 10.2 Å². The lowest BCUT2D eigenvalue weighted by Gasteiger charge is -2.33. The first-order valence-corrected chi connectivity index (χ1v) is 9.16. The fraction of sp³-hybridized carbons (Fsp3) is 0.364. The van der Waals surface area contributed by atoms with E-state index < -0.39 is 0 Å². The molecule has 1 aromatic heterocycles. The van der Waals surface area contributed by atoms with E-state index in [9.17, 15) is 0 Å². The fourth-order valence-electron chi connectivity index (χ4n) is 4.44. The Morgan fingerprint density at radius 3 is 2.80 bits per heavy atom. The lowest BCUT2D eigenvalue weighted by Crippen LogP contribution is -2.32. The lowest BCUT2D eigenvalue weighted by molar-refractivity contribution is 0.295. The van der Waals surface area contributed by atoms with Crippen molar-refractivity contribution in [2.24, 2.45) is 0 Å². The Morgan fingerprint density at radius 2 is 2.00 bits per heavy atom. The van der Waals surface area contributed by atoms with Crippen LogP contribution in [-0.4, -0.2) is 25.5 Å². The fourth-order valence-corrected chi connectivity index (χ4v) is 4.44. The van der Waals surface area contributed by atoms with Crippen LogP contribution in [0, 0.1) is 0 Å². The topological polar surface area (TPSA) is 28.4 Å². The molecule has 5 rings (SSSR count). The molecule has 0 radical (unpaired) electrons. The highest BCUT2D eigenvalue weighted by atomic mass is 16.3. The van der Waals surface area contributed by atoms with Crippen LogP contribution in [0.1, 0.15) is 41.0 Å². The monoisotopic (exact) mass is 332 g/mol. The molecule has 1 N–H and O–H groups in total. The average molecular weight is 332 g/mol. The number of nitrogens with one attached hydrogen (secondary N) is 1. The van der Waals surface area contributed by atoms with Gasteiger partial charge in [-0.1, -0.05) is 24.3 Å². The van der Waals surface area contributed by atoms with E-state index in [0.717, 1.165) is 18.7 Å². The minimum absolute atomic E-state index is 0.232. The Hall–Kier alpha value is -2.10. The molecule has 1 atom stereocenters. The third-order valence-corrected chi connectivity index (χ3v) is 6.11. The standard InChI is InChI=1S/C22H24N2O/c1-23-22(8-9-22)18-4-5-19-17(12-18)13-24(2)14-20(19)15-3-6-21-16(11-15)7-10-25-21/h3-7,10-12,20,23H,8-9,13-14H2,1-2H3. The summed E-state index contributed by atoms with van der Waals surface area (Å²) in [5.41, 5.74) is 6.99. The van der Waals surface area contributed by atoms with Gasteiger partial charge < -0.3 is 14.6 Å². The molecule has 1 fully saturated rings. The molecule has 25 heavy (non-hydrogen) atoms. The maximum atomic E-state index is 5.51. The summed E-state index contributed by atoms with van der Waals surface area (Å²) < 4.78 is 5.51. The molecule has 1 aliphatic carbocycles. The van der Waals surface area contributed by atoms with Gasteiger partial charge in [-0.15, -0.1) is 0 Å². The smallest absolute Gasteiger partial charge is 0.133 e.